The summed E-state index contributed by atoms with van der Waals surface area (Å²) >= 11 is 0. The first-order valence-corrected chi connectivity index (χ1v) is 5.74. The number of pyridine rings is 1. The normalized spacial score (nSPS) is 9.78. The van der Waals surface area contributed by atoms with Gasteiger partial charge in [0.1, 0.15) is 5.75 Å². The highest BCUT2D eigenvalue weighted by molar-refractivity contribution is 5.70. The molecule has 0 spiro atoms. The van der Waals surface area contributed by atoms with Gasteiger partial charge in [-0.2, -0.15) is 0 Å². The second-order valence-electron chi connectivity index (χ2n) is 3.74. The fraction of sp³-hybridized carbons (Fsp3) is 0.143. The third kappa shape index (κ3) is 3.90. The summed E-state index contributed by atoms with van der Waals surface area (Å²) in [4.78, 5) is 15.5. The Labute approximate surface area is 106 Å². The van der Waals surface area contributed by atoms with Gasteiger partial charge in [0.25, 0.3) is 0 Å². The molecule has 1 amide bonds. The number of nitrogens with zero attached hydrogens (tertiary/aromatic N) is 1. The Kier molecular flexibility index (Phi) is 4.30. The monoisotopic (exact) mass is 242 g/mol. The number of carbonyl (C=O) groups excluding carboxylic acids is 1. The predicted molar refractivity (Wildman–Crippen MR) is 68.4 cm³/mol. The molecule has 0 aliphatic rings. The highest BCUT2D eigenvalue weighted by Crippen LogP contribution is 2.08. The van der Waals surface area contributed by atoms with E-state index in [2.05, 4.69) is 10.3 Å². The van der Waals surface area contributed by atoms with E-state index in [9.17, 15) is 4.79 Å². The molecule has 1 heterocycles. The average Bonchev–Trinajstić information content (AvgIpc) is 2.41. The van der Waals surface area contributed by atoms with E-state index in [1.165, 1.54) is 0 Å². The van der Waals surface area contributed by atoms with Crippen LogP contribution in [-0.2, 0) is 6.42 Å². The summed E-state index contributed by atoms with van der Waals surface area (Å²) in [6.07, 6.45) is 3.80. The molecule has 0 bridgehead atoms. The Morgan fingerprint density at radius 2 is 2.00 bits per heavy atom. The standard InChI is InChI=1S/C14H14N2O2/c17-14(18-13-6-2-1-3-7-13)16-10-8-12-5-4-9-15-11-12/h1-7,9,11H,8,10H2,(H,16,17). The largest absolute Gasteiger partial charge is 0.412 e. The smallest absolute Gasteiger partial charge is 0.410 e. The van der Waals surface area contributed by atoms with Crippen LogP contribution in [0.5, 0.6) is 5.75 Å². The van der Waals surface area contributed by atoms with Crippen molar-refractivity contribution in [3.63, 3.8) is 0 Å². The van der Waals surface area contributed by atoms with Crippen molar-refractivity contribution in [3.8, 4) is 5.75 Å². The topological polar surface area (TPSA) is 51.2 Å². The Hall–Kier alpha value is -2.36. The number of para-hydroxylation sites is 1. The number of aromatic nitrogens is 1. The van der Waals surface area contributed by atoms with Gasteiger partial charge >= 0.3 is 6.09 Å². The molecule has 0 unspecified atom stereocenters. The van der Waals surface area contributed by atoms with Crippen LogP contribution in [0.15, 0.2) is 54.9 Å². The molecule has 0 radical (unpaired) electrons. The van der Waals surface area contributed by atoms with Gasteiger partial charge in [0.2, 0.25) is 0 Å². The Balaban J connectivity index is 1.73. The Bertz CT molecular complexity index is 486. The first-order chi connectivity index (χ1) is 8.84. The van der Waals surface area contributed by atoms with Crippen molar-refractivity contribution < 1.29 is 9.53 Å². The molecule has 1 aromatic heterocycles. The van der Waals surface area contributed by atoms with E-state index < -0.39 is 6.09 Å². The summed E-state index contributed by atoms with van der Waals surface area (Å²) in [6.45, 7) is 0.525. The minimum Gasteiger partial charge on any atom is -0.410 e. The number of amides is 1. The molecule has 0 aliphatic carbocycles. The molecule has 0 saturated carbocycles. The average molecular weight is 242 g/mol. The molecule has 2 aromatic rings. The van der Waals surface area contributed by atoms with Gasteiger partial charge in [0, 0.05) is 18.9 Å². The van der Waals surface area contributed by atoms with Crippen molar-refractivity contribution in [2.75, 3.05) is 6.54 Å². The lowest BCUT2D eigenvalue weighted by Gasteiger charge is -2.06. The zero-order valence-corrected chi connectivity index (χ0v) is 9.87. The van der Waals surface area contributed by atoms with Crippen LogP contribution in [0.3, 0.4) is 0 Å². The summed E-state index contributed by atoms with van der Waals surface area (Å²) in [5, 5.41) is 2.69. The summed E-state index contributed by atoms with van der Waals surface area (Å²) in [7, 11) is 0. The molecule has 0 aliphatic heterocycles. The fourth-order valence-corrected chi connectivity index (χ4v) is 1.49. The van der Waals surface area contributed by atoms with E-state index >= 15 is 0 Å². The van der Waals surface area contributed by atoms with Crippen molar-refractivity contribution in [2.24, 2.45) is 0 Å². The molecule has 1 aromatic carbocycles. The molecule has 18 heavy (non-hydrogen) atoms. The molecule has 4 heteroatoms. The van der Waals surface area contributed by atoms with Crippen LogP contribution in [-0.4, -0.2) is 17.6 Å². The molecule has 0 saturated heterocycles. The van der Waals surface area contributed by atoms with Gasteiger partial charge in [-0.15, -0.1) is 0 Å². The van der Waals surface area contributed by atoms with E-state index in [0.717, 1.165) is 12.0 Å². The number of carbonyl (C=O) groups is 1. The summed E-state index contributed by atoms with van der Waals surface area (Å²) in [5.74, 6) is 0.538. The maximum atomic E-state index is 11.5. The van der Waals surface area contributed by atoms with Crippen LogP contribution in [0.25, 0.3) is 0 Å². The van der Waals surface area contributed by atoms with Gasteiger partial charge in [0.15, 0.2) is 0 Å². The maximum absolute atomic E-state index is 11.5. The molecule has 1 N–H and O–H groups in total. The first-order valence-electron chi connectivity index (χ1n) is 5.74. The fourth-order valence-electron chi connectivity index (χ4n) is 1.49. The summed E-state index contributed by atoms with van der Waals surface area (Å²) in [6, 6.07) is 12.8. The number of nitrogens with one attached hydrogen (secondary N) is 1. The summed E-state index contributed by atoms with van der Waals surface area (Å²) < 4.78 is 5.09. The lowest BCUT2D eigenvalue weighted by molar-refractivity contribution is 0.200. The van der Waals surface area contributed by atoms with E-state index in [4.69, 9.17) is 4.74 Å². The number of rotatable bonds is 4. The van der Waals surface area contributed by atoms with Crippen molar-refractivity contribution in [1.29, 1.82) is 0 Å². The number of hydrogen-bond acceptors (Lipinski definition) is 3. The Morgan fingerprint density at radius 1 is 1.17 bits per heavy atom. The number of ether oxygens (including phenoxy) is 1. The third-order valence-electron chi connectivity index (χ3n) is 2.36. The van der Waals surface area contributed by atoms with Crippen LogP contribution >= 0.6 is 0 Å². The van der Waals surface area contributed by atoms with Gasteiger partial charge in [0.05, 0.1) is 0 Å². The SMILES string of the molecule is O=C(NCCc1cccnc1)Oc1ccccc1. The van der Waals surface area contributed by atoms with Crippen LogP contribution < -0.4 is 10.1 Å². The highest BCUT2D eigenvalue weighted by Gasteiger charge is 2.02. The van der Waals surface area contributed by atoms with Crippen LogP contribution in [0.1, 0.15) is 5.56 Å². The van der Waals surface area contributed by atoms with Crippen molar-refractivity contribution in [2.45, 2.75) is 6.42 Å². The van der Waals surface area contributed by atoms with Gasteiger partial charge in [-0.05, 0) is 30.2 Å². The zero-order valence-electron chi connectivity index (χ0n) is 9.87. The summed E-state index contributed by atoms with van der Waals surface area (Å²) in [5.41, 5.74) is 1.08. The second-order valence-corrected chi connectivity index (χ2v) is 3.74. The molecule has 0 atom stereocenters. The van der Waals surface area contributed by atoms with Gasteiger partial charge in [-0.25, -0.2) is 4.79 Å². The minimum absolute atomic E-state index is 0.440. The highest BCUT2D eigenvalue weighted by atomic mass is 16.5. The van der Waals surface area contributed by atoms with Crippen LogP contribution in [0, 0.1) is 0 Å². The van der Waals surface area contributed by atoms with E-state index in [0.29, 0.717) is 12.3 Å². The first kappa shape index (κ1) is 12.1. The van der Waals surface area contributed by atoms with Gasteiger partial charge in [-0.1, -0.05) is 24.3 Å². The van der Waals surface area contributed by atoms with Crippen LogP contribution in [0.2, 0.25) is 0 Å². The van der Waals surface area contributed by atoms with Crippen LogP contribution in [0.4, 0.5) is 4.79 Å². The quantitative estimate of drug-likeness (QED) is 0.895. The molecule has 92 valence electrons. The van der Waals surface area contributed by atoms with Gasteiger partial charge in [-0.3, -0.25) is 4.98 Å². The molecule has 0 fully saturated rings. The lowest BCUT2D eigenvalue weighted by atomic mass is 10.2. The molecule has 4 nitrogen and oxygen atoms in total. The molecular weight excluding hydrogens is 228 g/mol. The second kappa shape index (κ2) is 6.39. The third-order valence-corrected chi connectivity index (χ3v) is 2.36. The van der Waals surface area contributed by atoms with Crippen molar-refractivity contribution in [3.05, 3.63) is 60.4 Å². The molecular formula is C14H14N2O2. The number of hydrogen-bond donors (Lipinski definition) is 1. The Morgan fingerprint density at radius 3 is 2.72 bits per heavy atom. The van der Waals surface area contributed by atoms with Crippen molar-refractivity contribution >= 4 is 6.09 Å². The lowest BCUT2D eigenvalue weighted by Crippen LogP contribution is -2.28. The van der Waals surface area contributed by atoms with E-state index in [1.54, 1.807) is 24.5 Å². The minimum atomic E-state index is -0.440. The molecule has 2 rings (SSSR count). The van der Waals surface area contributed by atoms with E-state index in [-0.39, 0.29) is 0 Å². The zero-order chi connectivity index (χ0) is 12.6. The predicted octanol–water partition coefficient (Wildman–Crippen LogP) is 2.41. The maximum Gasteiger partial charge on any atom is 0.412 e. The number of benzene rings is 1. The van der Waals surface area contributed by atoms with Gasteiger partial charge < -0.3 is 10.1 Å². The van der Waals surface area contributed by atoms with E-state index in [1.807, 2.05) is 30.3 Å². The van der Waals surface area contributed by atoms with Crippen molar-refractivity contribution in [1.82, 2.24) is 10.3 Å².